The van der Waals surface area contributed by atoms with E-state index in [9.17, 15) is 14.3 Å². The maximum Gasteiger partial charge on any atom is 0.306 e. The molecule has 0 fully saturated rings. The topological polar surface area (TPSA) is 94.1 Å². The van der Waals surface area contributed by atoms with Crippen LogP contribution in [0.5, 0.6) is 0 Å². The van der Waals surface area contributed by atoms with Gasteiger partial charge in [0, 0.05) is 13.0 Å². The molecule has 0 aliphatic heterocycles. The van der Waals surface area contributed by atoms with Crippen molar-refractivity contribution >= 4 is 13.8 Å². The smallest absolute Gasteiger partial charge is 0.306 e. The quantitative estimate of drug-likeness (QED) is 0.0197. The van der Waals surface area contributed by atoms with Crippen molar-refractivity contribution in [2.75, 3.05) is 54.1 Å². The number of phosphoric acid groups is 1. The van der Waals surface area contributed by atoms with Crippen LogP contribution < -0.4 is 4.89 Å². The molecule has 0 bridgehead atoms. The molecule has 0 aromatic rings. The number of hydrogen-bond donors (Lipinski definition) is 0. The van der Waals surface area contributed by atoms with Gasteiger partial charge in [-0.2, -0.15) is 0 Å². The Bertz CT molecular complexity index is 1080. The van der Waals surface area contributed by atoms with Gasteiger partial charge in [-0.3, -0.25) is 9.36 Å². The van der Waals surface area contributed by atoms with Gasteiger partial charge < -0.3 is 27.9 Å². The maximum atomic E-state index is 12.8. The summed E-state index contributed by atoms with van der Waals surface area (Å²) in [5.41, 5.74) is 0. The first-order valence-electron chi connectivity index (χ1n) is 29.4. The second-order valence-corrected chi connectivity index (χ2v) is 22.8. The average Bonchev–Trinajstić information content (AvgIpc) is 3.29. The predicted octanol–water partition coefficient (Wildman–Crippen LogP) is 17.9. The number of quaternary nitrogens is 1. The molecule has 0 aromatic carbocycles. The highest BCUT2D eigenvalue weighted by Gasteiger charge is 2.20. The third kappa shape index (κ3) is 56.0. The molecule has 8 nitrogen and oxygen atoms in total. The molecule has 0 amide bonds. The first-order chi connectivity index (χ1) is 32.6. The molecule has 400 valence electrons. The van der Waals surface area contributed by atoms with Crippen LogP contribution in [0, 0.1) is 0 Å². The van der Waals surface area contributed by atoms with Crippen LogP contribution in [0.15, 0.2) is 12.2 Å². The van der Waals surface area contributed by atoms with E-state index in [-0.39, 0.29) is 25.8 Å². The van der Waals surface area contributed by atoms with E-state index in [1.54, 1.807) is 0 Å². The van der Waals surface area contributed by atoms with Crippen molar-refractivity contribution < 1.29 is 37.3 Å². The molecule has 0 radical (unpaired) electrons. The Kier molecular flexibility index (Phi) is 51.0. The lowest BCUT2D eigenvalue weighted by molar-refractivity contribution is -0.870. The number of rotatable bonds is 56. The van der Waals surface area contributed by atoms with Crippen molar-refractivity contribution in [3.63, 3.8) is 0 Å². The second-order valence-electron chi connectivity index (χ2n) is 21.4. The van der Waals surface area contributed by atoms with E-state index in [2.05, 4.69) is 26.0 Å². The molecule has 0 saturated heterocycles. The number of phosphoric ester groups is 1. The Hall–Kier alpha value is -0.760. The first kappa shape index (κ1) is 66.2. The van der Waals surface area contributed by atoms with Crippen LogP contribution in [0.25, 0.3) is 0 Å². The van der Waals surface area contributed by atoms with Crippen LogP contribution in [0.3, 0.4) is 0 Å². The molecular weight excluding hydrogens is 854 g/mol. The monoisotopic (exact) mass is 970 g/mol. The lowest BCUT2D eigenvalue weighted by Crippen LogP contribution is -2.37. The second kappa shape index (κ2) is 51.6. The summed E-state index contributed by atoms with van der Waals surface area (Å²) in [6.07, 6.45) is 61.1. The standard InChI is InChI=1S/C58H116NO7P/c1-6-8-10-12-14-16-18-20-22-24-26-28-30-31-33-35-37-39-41-43-45-47-49-51-58(60)66-57(56-65-67(61,62)64-54-52-59(3,4)5)55-63-53-50-48-46-44-42-40-38-36-34-32-29-27-25-23-21-19-17-15-13-11-9-7-2/h24,26,57H,6-23,25,27-56H2,1-5H3/b26-24-. The molecule has 0 saturated carbocycles. The van der Waals surface area contributed by atoms with E-state index >= 15 is 0 Å². The van der Waals surface area contributed by atoms with Gasteiger partial charge in [-0.15, -0.1) is 0 Å². The number of allylic oxidation sites excluding steroid dienone is 2. The van der Waals surface area contributed by atoms with Crippen molar-refractivity contribution in [1.29, 1.82) is 0 Å². The average molecular weight is 971 g/mol. The molecule has 0 rings (SSSR count). The van der Waals surface area contributed by atoms with E-state index in [4.69, 9.17) is 18.5 Å². The van der Waals surface area contributed by atoms with Gasteiger partial charge in [-0.25, -0.2) is 0 Å². The normalized spacial score (nSPS) is 13.5. The Morgan fingerprint density at radius 1 is 0.448 bits per heavy atom. The number of unbranched alkanes of at least 4 members (excludes halogenated alkanes) is 40. The van der Waals surface area contributed by atoms with Crippen molar-refractivity contribution in [3.05, 3.63) is 12.2 Å². The van der Waals surface area contributed by atoms with Gasteiger partial charge in [-0.05, 0) is 38.5 Å². The van der Waals surface area contributed by atoms with E-state index < -0.39 is 13.9 Å². The van der Waals surface area contributed by atoms with E-state index in [1.165, 1.54) is 244 Å². The van der Waals surface area contributed by atoms with Crippen LogP contribution in [-0.4, -0.2) is 70.7 Å². The number of hydrogen-bond acceptors (Lipinski definition) is 7. The zero-order chi connectivity index (χ0) is 49.0. The molecule has 0 aliphatic rings. The molecule has 0 N–H and O–H groups in total. The first-order valence-corrected chi connectivity index (χ1v) is 30.9. The van der Waals surface area contributed by atoms with Crippen molar-refractivity contribution in [2.45, 2.75) is 302 Å². The summed E-state index contributed by atoms with van der Waals surface area (Å²) in [6, 6.07) is 0. The van der Waals surface area contributed by atoms with Crippen molar-refractivity contribution in [2.24, 2.45) is 0 Å². The molecule has 0 aromatic heterocycles. The Morgan fingerprint density at radius 2 is 0.776 bits per heavy atom. The van der Waals surface area contributed by atoms with E-state index in [1.807, 2.05) is 21.1 Å². The third-order valence-corrected chi connectivity index (χ3v) is 14.3. The number of nitrogens with zero attached hydrogens (tertiary/aromatic N) is 1. The number of carbonyl (C=O) groups excluding carboxylic acids is 1. The van der Waals surface area contributed by atoms with Crippen LogP contribution in [0.2, 0.25) is 0 Å². The zero-order valence-electron chi connectivity index (χ0n) is 45.6. The minimum Gasteiger partial charge on any atom is -0.756 e. The molecule has 0 spiro atoms. The molecule has 0 aliphatic carbocycles. The Balaban J connectivity index is 4.02. The number of likely N-dealkylation sites (N-methyl/N-ethyl adjacent to an activating group) is 1. The van der Waals surface area contributed by atoms with Crippen LogP contribution in [0.1, 0.15) is 296 Å². The van der Waals surface area contributed by atoms with E-state index in [0.717, 1.165) is 32.1 Å². The number of ether oxygens (including phenoxy) is 2. The largest absolute Gasteiger partial charge is 0.756 e. The van der Waals surface area contributed by atoms with Gasteiger partial charge in [0.05, 0.1) is 34.4 Å². The fourth-order valence-corrected chi connectivity index (χ4v) is 9.51. The molecular formula is C58H116NO7P. The Morgan fingerprint density at radius 3 is 1.13 bits per heavy atom. The summed E-state index contributed by atoms with van der Waals surface area (Å²) in [6.45, 7) is 5.49. The van der Waals surface area contributed by atoms with Crippen molar-refractivity contribution in [1.82, 2.24) is 0 Å². The van der Waals surface area contributed by atoms with Gasteiger partial charge in [0.1, 0.15) is 19.3 Å². The minimum atomic E-state index is -4.53. The van der Waals surface area contributed by atoms with Crippen LogP contribution in [0.4, 0.5) is 0 Å². The van der Waals surface area contributed by atoms with E-state index in [0.29, 0.717) is 24.1 Å². The summed E-state index contributed by atoms with van der Waals surface area (Å²) in [5, 5.41) is 0. The lowest BCUT2D eigenvalue weighted by atomic mass is 10.0. The molecule has 2 unspecified atom stereocenters. The van der Waals surface area contributed by atoms with Crippen molar-refractivity contribution in [3.8, 4) is 0 Å². The summed E-state index contributed by atoms with van der Waals surface area (Å²) in [4.78, 5) is 25.3. The summed E-state index contributed by atoms with van der Waals surface area (Å²) in [7, 11) is 1.38. The highest BCUT2D eigenvalue weighted by molar-refractivity contribution is 7.45. The van der Waals surface area contributed by atoms with Gasteiger partial charge in [0.2, 0.25) is 0 Å². The molecule has 2 atom stereocenters. The summed E-state index contributed by atoms with van der Waals surface area (Å²) >= 11 is 0. The molecule has 67 heavy (non-hydrogen) atoms. The minimum absolute atomic E-state index is 0.0300. The molecule has 9 heteroatoms. The third-order valence-electron chi connectivity index (χ3n) is 13.3. The lowest BCUT2D eigenvalue weighted by Gasteiger charge is -2.28. The zero-order valence-corrected chi connectivity index (χ0v) is 46.5. The van der Waals surface area contributed by atoms with Gasteiger partial charge in [0.25, 0.3) is 7.82 Å². The number of carbonyl (C=O) groups is 1. The summed E-state index contributed by atoms with van der Waals surface area (Å²) < 4.78 is 34.9. The number of esters is 1. The van der Waals surface area contributed by atoms with Gasteiger partial charge in [-0.1, -0.05) is 264 Å². The van der Waals surface area contributed by atoms with Gasteiger partial charge in [0.15, 0.2) is 0 Å². The molecule has 0 heterocycles. The Labute approximate surface area is 418 Å². The summed E-state index contributed by atoms with van der Waals surface area (Å²) in [5.74, 6) is -0.327. The fourth-order valence-electron chi connectivity index (χ4n) is 8.78. The predicted molar refractivity (Wildman–Crippen MR) is 287 cm³/mol. The highest BCUT2D eigenvalue weighted by Crippen LogP contribution is 2.38. The van der Waals surface area contributed by atoms with Crippen LogP contribution in [-0.2, 0) is 27.9 Å². The van der Waals surface area contributed by atoms with Gasteiger partial charge >= 0.3 is 5.97 Å². The van der Waals surface area contributed by atoms with Crippen LogP contribution >= 0.6 is 7.82 Å². The fraction of sp³-hybridized carbons (Fsp3) is 0.948. The maximum absolute atomic E-state index is 12.8. The highest BCUT2D eigenvalue weighted by atomic mass is 31.2. The SMILES string of the molecule is CCCCCCCCCC/C=C\CCCCCCCCCCCCCC(=O)OC(COCCCCCCCCCCCCCCCCCCCCCCCC)COP(=O)([O-])OCC[N+](C)(C)C.